The van der Waals surface area contributed by atoms with Gasteiger partial charge in [0.1, 0.15) is 11.5 Å². The van der Waals surface area contributed by atoms with Crippen LogP contribution < -0.4 is 10.2 Å². The maximum absolute atomic E-state index is 12.5. The number of nitrogens with zero attached hydrogens (tertiary/aromatic N) is 2. The van der Waals surface area contributed by atoms with Crippen LogP contribution in [-0.2, 0) is 4.79 Å². The number of halogens is 3. The Bertz CT molecular complexity index is 1490. The molecule has 0 radical (unpaired) electrons. The molecule has 2 amide bonds. The molecule has 1 aliphatic rings. The van der Waals surface area contributed by atoms with Gasteiger partial charge in [0, 0.05) is 43.5 Å². The van der Waals surface area contributed by atoms with E-state index in [1.54, 1.807) is 65.6 Å². The average molecular weight is 571 g/mol. The molecule has 0 spiro atoms. The zero-order valence-corrected chi connectivity index (χ0v) is 22.3. The summed E-state index contributed by atoms with van der Waals surface area (Å²) >= 11 is 18.9. The number of piperazine rings is 1. The standard InChI is InChI=1S/C28H22Cl3N3O4/c29-21-4-1-3-20(27(21)31)24-10-7-19(38-24)8-11-26(35)32-18-6-9-23(22(30)17-18)33-12-14-34(15-13-33)28(36)25-5-2-16-37-25/h1-11,16-17H,12-15H2,(H,32,35)/b11-8+. The molecule has 0 bridgehead atoms. The van der Waals surface area contributed by atoms with Crippen LogP contribution in [0.1, 0.15) is 16.3 Å². The fourth-order valence-electron chi connectivity index (χ4n) is 4.17. The van der Waals surface area contributed by atoms with E-state index in [0.717, 1.165) is 5.69 Å². The first kappa shape index (κ1) is 26.0. The van der Waals surface area contributed by atoms with E-state index in [-0.39, 0.29) is 11.8 Å². The minimum absolute atomic E-state index is 0.120. The van der Waals surface area contributed by atoms with Crippen molar-refractivity contribution in [3.63, 3.8) is 0 Å². The lowest BCUT2D eigenvalue weighted by Crippen LogP contribution is -2.48. The largest absolute Gasteiger partial charge is 0.459 e. The third kappa shape index (κ3) is 5.75. The highest BCUT2D eigenvalue weighted by atomic mass is 35.5. The van der Waals surface area contributed by atoms with Crippen LogP contribution in [0.2, 0.25) is 15.1 Å². The molecule has 4 aromatic rings. The quantitative estimate of drug-likeness (QED) is 0.250. The molecule has 2 aromatic carbocycles. The minimum atomic E-state index is -0.336. The van der Waals surface area contributed by atoms with E-state index in [1.807, 2.05) is 6.07 Å². The second kappa shape index (κ2) is 11.4. The Balaban J connectivity index is 1.17. The average Bonchev–Trinajstić information content (AvgIpc) is 3.62. The van der Waals surface area contributed by atoms with Crippen LogP contribution in [0.15, 0.2) is 81.8 Å². The van der Waals surface area contributed by atoms with Crippen LogP contribution in [0.25, 0.3) is 17.4 Å². The van der Waals surface area contributed by atoms with E-state index in [2.05, 4.69) is 10.2 Å². The third-order valence-corrected chi connectivity index (χ3v) is 7.22. The Morgan fingerprint density at radius 1 is 0.895 bits per heavy atom. The number of anilines is 2. The summed E-state index contributed by atoms with van der Waals surface area (Å²) in [6.07, 6.45) is 4.43. The Hall–Kier alpha value is -3.65. The first-order valence-electron chi connectivity index (χ1n) is 11.8. The van der Waals surface area contributed by atoms with E-state index < -0.39 is 0 Å². The molecule has 0 unspecified atom stereocenters. The number of carbonyl (C=O) groups excluding carboxylic acids is 2. The van der Waals surface area contributed by atoms with Gasteiger partial charge in [-0.05, 0) is 60.7 Å². The Kier molecular flexibility index (Phi) is 7.79. The normalized spacial score (nSPS) is 13.8. The lowest BCUT2D eigenvalue weighted by molar-refractivity contribution is -0.111. The molecule has 1 fully saturated rings. The molecule has 2 aromatic heterocycles. The molecule has 0 aliphatic carbocycles. The second-order valence-corrected chi connectivity index (χ2v) is 9.74. The minimum Gasteiger partial charge on any atom is -0.459 e. The lowest BCUT2D eigenvalue weighted by atomic mass is 10.2. The van der Waals surface area contributed by atoms with Crippen molar-refractivity contribution in [2.75, 3.05) is 36.4 Å². The van der Waals surface area contributed by atoms with Gasteiger partial charge in [-0.1, -0.05) is 40.9 Å². The second-order valence-electron chi connectivity index (χ2n) is 8.55. The van der Waals surface area contributed by atoms with Crippen molar-refractivity contribution in [1.29, 1.82) is 0 Å². The molecule has 10 heteroatoms. The Labute approximate surface area is 234 Å². The zero-order valence-electron chi connectivity index (χ0n) is 20.0. The van der Waals surface area contributed by atoms with Gasteiger partial charge in [0.05, 0.1) is 27.0 Å². The summed E-state index contributed by atoms with van der Waals surface area (Å²) in [5, 5.41) is 4.15. The number of rotatable bonds is 6. The molecule has 3 heterocycles. The molecule has 38 heavy (non-hydrogen) atoms. The molecule has 7 nitrogen and oxygen atoms in total. The van der Waals surface area contributed by atoms with Gasteiger partial charge >= 0.3 is 0 Å². The van der Waals surface area contributed by atoms with Crippen LogP contribution in [-0.4, -0.2) is 42.9 Å². The van der Waals surface area contributed by atoms with Crippen molar-refractivity contribution in [2.24, 2.45) is 0 Å². The van der Waals surface area contributed by atoms with Gasteiger partial charge in [-0.15, -0.1) is 0 Å². The number of furan rings is 2. The van der Waals surface area contributed by atoms with Crippen LogP contribution in [0.5, 0.6) is 0 Å². The smallest absolute Gasteiger partial charge is 0.289 e. The summed E-state index contributed by atoms with van der Waals surface area (Å²) < 4.78 is 11.0. The zero-order chi connectivity index (χ0) is 26.6. The molecule has 0 atom stereocenters. The van der Waals surface area contributed by atoms with E-state index in [4.69, 9.17) is 43.6 Å². The predicted molar refractivity (Wildman–Crippen MR) is 150 cm³/mol. The van der Waals surface area contributed by atoms with Crippen molar-refractivity contribution in [3.05, 3.63) is 99.6 Å². The predicted octanol–water partition coefficient (Wildman–Crippen LogP) is 7.11. The summed E-state index contributed by atoms with van der Waals surface area (Å²) in [7, 11) is 0. The molecule has 0 saturated carbocycles. The first-order valence-corrected chi connectivity index (χ1v) is 12.9. The molecule has 5 rings (SSSR count). The van der Waals surface area contributed by atoms with Crippen molar-refractivity contribution in [3.8, 4) is 11.3 Å². The molecular formula is C28H22Cl3N3O4. The molecule has 1 N–H and O–H groups in total. The van der Waals surface area contributed by atoms with E-state index in [9.17, 15) is 9.59 Å². The number of hydrogen-bond acceptors (Lipinski definition) is 5. The van der Waals surface area contributed by atoms with Crippen molar-refractivity contribution >= 4 is 64.1 Å². The lowest BCUT2D eigenvalue weighted by Gasteiger charge is -2.36. The van der Waals surface area contributed by atoms with Crippen LogP contribution >= 0.6 is 34.8 Å². The van der Waals surface area contributed by atoms with Gasteiger partial charge in [-0.3, -0.25) is 9.59 Å². The SMILES string of the molecule is O=C(/C=C/c1ccc(-c2cccc(Cl)c2Cl)o1)Nc1ccc(N2CCN(C(=O)c3ccco3)CC2)c(Cl)c1. The highest BCUT2D eigenvalue weighted by Gasteiger charge is 2.24. The van der Waals surface area contributed by atoms with E-state index >= 15 is 0 Å². The third-order valence-electron chi connectivity index (χ3n) is 6.10. The Morgan fingerprint density at radius 2 is 1.71 bits per heavy atom. The van der Waals surface area contributed by atoms with Gasteiger partial charge in [0.2, 0.25) is 5.91 Å². The molecule has 1 aliphatic heterocycles. The maximum atomic E-state index is 12.5. The molecular weight excluding hydrogens is 549 g/mol. The highest BCUT2D eigenvalue weighted by molar-refractivity contribution is 6.43. The van der Waals surface area contributed by atoms with Crippen molar-refractivity contribution in [2.45, 2.75) is 0 Å². The monoisotopic (exact) mass is 569 g/mol. The summed E-state index contributed by atoms with van der Waals surface area (Å²) in [6, 6.07) is 17.5. The number of nitrogens with one attached hydrogen (secondary N) is 1. The van der Waals surface area contributed by atoms with Gasteiger partial charge in [0.25, 0.3) is 5.91 Å². The molecule has 1 saturated heterocycles. The summed E-state index contributed by atoms with van der Waals surface area (Å²) in [5.41, 5.74) is 2.07. The van der Waals surface area contributed by atoms with Gasteiger partial charge in [-0.2, -0.15) is 0 Å². The number of amides is 2. The fraction of sp³-hybridized carbons (Fsp3) is 0.143. The maximum Gasteiger partial charge on any atom is 0.289 e. The van der Waals surface area contributed by atoms with Crippen molar-refractivity contribution < 1.29 is 18.4 Å². The van der Waals surface area contributed by atoms with E-state index in [0.29, 0.717) is 69.8 Å². The number of carbonyl (C=O) groups is 2. The number of benzene rings is 2. The topological polar surface area (TPSA) is 78.9 Å². The first-order chi connectivity index (χ1) is 18.4. The van der Waals surface area contributed by atoms with Gasteiger partial charge < -0.3 is 24.0 Å². The number of hydrogen-bond donors (Lipinski definition) is 1. The van der Waals surface area contributed by atoms with Crippen LogP contribution in [0, 0.1) is 0 Å². The summed E-state index contributed by atoms with van der Waals surface area (Å²) in [6.45, 7) is 2.37. The fourth-order valence-corrected chi connectivity index (χ4v) is 4.86. The van der Waals surface area contributed by atoms with E-state index in [1.165, 1.54) is 12.3 Å². The summed E-state index contributed by atoms with van der Waals surface area (Å²) in [4.78, 5) is 28.8. The van der Waals surface area contributed by atoms with Crippen molar-refractivity contribution in [1.82, 2.24) is 4.90 Å². The molecule has 194 valence electrons. The summed E-state index contributed by atoms with van der Waals surface area (Å²) in [5.74, 6) is 0.919. The van der Waals surface area contributed by atoms with Gasteiger partial charge in [0.15, 0.2) is 5.76 Å². The Morgan fingerprint density at radius 3 is 2.45 bits per heavy atom. The van der Waals surface area contributed by atoms with Crippen LogP contribution in [0.4, 0.5) is 11.4 Å². The highest BCUT2D eigenvalue weighted by Crippen LogP contribution is 2.34. The van der Waals surface area contributed by atoms with Gasteiger partial charge in [-0.25, -0.2) is 0 Å². The van der Waals surface area contributed by atoms with Crippen LogP contribution in [0.3, 0.4) is 0 Å².